The molecule has 4 rings (SSSR count). The van der Waals surface area contributed by atoms with Crippen molar-refractivity contribution in [2.24, 2.45) is 0 Å². The number of hydrogen-bond donors (Lipinski definition) is 3. The Morgan fingerprint density at radius 3 is 2.33 bits per heavy atom. The normalized spacial score (nSPS) is 10.7. The summed E-state index contributed by atoms with van der Waals surface area (Å²) in [4.78, 5) is 38.7. The second-order valence-electron chi connectivity index (χ2n) is 8.96. The number of nitrogens with one attached hydrogen (secondary N) is 3. The van der Waals surface area contributed by atoms with Crippen LogP contribution in [-0.2, 0) is 16.0 Å². The van der Waals surface area contributed by atoms with E-state index in [9.17, 15) is 14.4 Å². The molecule has 1 heterocycles. The Labute approximate surface area is 231 Å². The molecular weight excluding hydrogens is 520 g/mol. The first-order valence-corrected chi connectivity index (χ1v) is 12.6. The van der Waals surface area contributed by atoms with Gasteiger partial charge in [-0.25, -0.2) is 4.68 Å². The van der Waals surface area contributed by atoms with Gasteiger partial charge in [0.15, 0.2) is 11.5 Å². The summed E-state index contributed by atoms with van der Waals surface area (Å²) in [7, 11) is 3.10. The molecular formula is C29H29ClN4O5. The lowest BCUT2D eigenvalue weighted by molar-refractivity contribution is -0.136. The minimum absolute atomic E-state index is 0.136. The largest absolute Gasteiger partial charge is 0.493 e. The number of hydrogen-bond acceptors (Lipinski definition) is 5. The molecule has 0 fully saturated rings. The Balaban J connectivity index is 1.48. The van der Waals surface area contributed by atoms with E-state index < -0.39 is 17.7 Å². The molecule has 39 heavy (non-hydrogen) atoms. The van der Waals surface area contributed by atoms with Crippen molar-refractivity contribution in [1.29, 1.82) is 0 Å². The molecule has 0 aliphatic rings. The number of aryl methyl sites for hydroxylation is 2. The van der Waals surface area contributed by atoms with Crippen molar-refractivity contribution in [3.63, 3.8) is 0 Å². The third-order valence-corrected chi connectivity index (χ3v) is 6.56. The molecule has 9 nitrogen and oxygen atoms in total. The van der Waals surface area contributed by atoms with E-state index in [1.165, 1.54) is 4.68 Å². The average molecular weight is 549 g/mol. The lowest BCUT2D eigenvalue weighted by Crippen LogP contribution is -2.40. The lowest BCUT2D eigenvalue weighted by Gasteiger charge is -2.13. The Kier molecular flexibility index (Phi) is 8.41. The predicted octanol–water partition coefficient (Wildman–Crippen LogP) is 4.61. The van der Waals surface area contributed by atoms with E-state index in [1.807, 2.05) is 38.1 Å². The minimum atomic E-state index is -0.921. The average Bonchev–Trinajstić information content (AvgIpc) is 3.27. The van der Waals surface area contributed by atoms with Gasteiger partial charge in [-0.3, -0.25) is 19.8 Å². The first-order valence-electron chi connectivity index (χ1n) is 12.2. The first kappa shape index (κ1) is 27.5. The molecule has 3 amide bonds. The molecule has 0 radical (unpaired) electrons. The number of ether oxygens (including phenoxy) is 2. The number of halogens is 1. The zero-order valence-corrected chi connectivity index (χ0v) is 22.8. The van der Waals surface area contributed by atoms with Crippen molar-refractivity contribution in [1.82, 2.24) is 9.99 Å². The van der Waals surface area contributed by atoms with E-state index in [4.69, 9.17) is 21.1 Å². The summed E-state index contributed by atoms with van der Waals surface area (Å²) in [6.07, 6.45) is 0.466. The molecule has 0 unspecified atom stereocenters. The highest BCUT2D eigenvalue weighted by atomic mass is 35.5. The summed E-state index contributed by atoms with van der Waals surface area (Å²) >= 11 is 6.15. The van der Waals surface area contributed by atoms with Crippen LogP contribution < -0.4 is 25.5 Å². The van der Waals surface area contributed by atoms with Gasteiger partial charge in [0, 0.05) is 22.6 Å². The van der Waals surface area contributed by atoms with E-state index in [0.717, 1.165) is 16.7 Å². The Morgan fingerprint density at radius 2 is 1.62 bits per heavy atom. The van der Waals surface area contributed by atoms with Crippen molar-refractivity contribution in [2.75, 3.05) is 31.5 Å². The van der Waals surface area contributed by atoms with Crippen LogP contribution in [0.3, 0.4) is 0 Å². The zero-order chi connectivity index (χ0) is 28.1. The highest BCUT2D eigenvalue weighted by Crippen LogP contribution is 2.28. The highest BCUT2D eigenvalue weighted by molar-refractivity contribution is 6.38. The number of carbonyl (C=O) groups excluding carboxylic acids is 3. The van der Waals surface area contributed by atoms with Gasteiger partial charge in [0.05, 0.1) is 19.7 Å². The molecule has 4 aromatic rings. The van der Waals surface area contributed by atoms with Crippen LogP contribution >= 0.6 is 11.6 Å². The number of methoxy groups -OCH3 is 2. The fourth-order valence-electron chi connectivity index (χ4n) is 4.08. The molecule has 0 saturated heterocycles. The number of carbonyl (C=O) groups is 3. The van der Waals surface area contributed by atoms with E-state index >= 15 is 0 Å². The van der Waals surface area contributed by atoms with E-state index in [2.05, 4.69) is 16.1 Å². The standard InChI is InChI=1S/C29H29ClN4O5/c1-17-5-8-22(13-18(17)2)32-27(35)24-16-20-15-21(30)7-9-23(20)34(24)33-29(37)28(36)31-12-11-19-6-10-25(38-3)26(14-19)39-4/h5-10,13-16H,11-12H2,1-4H3,(H,31,36)(H,32,35)(H,33,37). The highest BCUT2D eigenvalue weighted by Gasteiger charge is 2.21. The Bertz CT molecular complexity index is 1560. The van der Waals surface area contributed by atoms with Gasteiger partial charge >= 0.3 is 11.8 Å². The molecule has 3 aromatic carbocycles. The van der Waals surface area contributed by atoms with Crippen LogP contribution in [0.15, 0.2) is 60.7 Å². The maximum absolute atomic E-state index is 13.2. The van der Waals surface area contributed by atoms with E-state index in [0.29, 0.717) is 39.5 Å². The topological polar surface area (TPSA) is 111 Å². The summed E-state index contributed by atoms with van der Waals surface area (Å²) in [6, 6.07) is 17.6. The third kappa shape index (κ3) is 6.32. The van der Waals surface area contributed by atoms with Gasteiger partial charge in [0.25, 0.3) is 5.91 Å². The van der Waals surface area contributed by atoms with Crippen molar-refractivity contribution >= 4 is 45.9 Å². The lowest BCUT2D eigenvalue weighted by atomic mass is 10.1. The number of aromatic nitrogens is 1. The fourth-order valence-corrected chi connectivity index (χ4v) is 4.26. The van der Waals surface area contributed by atoms with Crippen molar-refractivity contribution < 1.29 is 23.9 Å². The van der Waals surface area contributed by atoms with Crippen LogP contribution in [0.1, 0.15) is 27.2 Å². The number of rotatable bonds is 8. The quantitative estimate of drug-likeness (QED) is 0.278. The van der Waals surface area contributed by atoms with Crippen LogP contribution in [0.5, 0.6) is 11.5 Å². The molecule has 0 aliphatic heterocycles. The third-order valence-electron chi connectivity index (χ3n) is 6.33. The summed E-state index contributed by atoms with van der Waals surface area (Å²) in [5.41, 5.74) is 6.82. The molecule has 202 valence electrons. The van der Waals surface area contributed by atoms with Crippen molar-refractivity contribution in [3.05, 3.63) is 88.1 Å². The molecule has 0 atom stereocenters. The number of amides is 3. The van der Waals surface area contributed by atoms with Crippen LogP contribution in [0.2, 0.25) is 5.02 Å². The molecule has 0 saturated carbocycles. The second kappa shape index (κ2) is 11.9. The summed E-state index contributed by atoms with van der Waals surface area (Å²) < 4.78 is 11.8. The van der Waals surface area contributed by atoms with Gasteiger partial charge in [-0.2, -0.15) is 0 Å². The molecule has 1 aromatic heterocycles. The predicted molar refractivity (Wildman–Crippen MR) is 151 cm³/mol. The molecule has 0 bridgehead atoms. The Morgan fingerprint density at radius 1 is 0.846 bits per heavy atom. The fraction of sp³-hybridized carbons (Fsp3) is 0.207. The van der Waals surface area contributed by atoms with Crippen LogP contribution in [0, 0.1) is 13.8 Å². The maximum Gasteiger partial charge on any atom is 0.328 e. The number of benzene rings is 3. The number of nitrogens with zero attached hydrogens (tertiary/aromatic N) is 1. The second-order valence-corrected chi connectivity index (χ2v) is 9.39. The van der Waals surface area contributed by atoms with Crippen LogP contribution in [0.25, 0.3) is 10.9 Å². The summed E-state index contributed by atoms with van der Waals surface area (Å²) in [6.45, 7) is 4.15. The molecule has 0 spiro atoms. The van der Waals surface area contributed by atoms with Gasteiger partial charge < -0.3 is 20.1 Å². The van der Waals surface area contributed by atoms with Gasteiger partial charge in [0.2, 0.25) is 0 Å². The number of fused-ring (bicyclic) bond motifs is 1. The first-order chi connectivity index (χ1) is 18.7. The summed E-state index contributed by atoms with van der Waals surface area (Å²) in [5.74, 6) is -1.05. The van der Waals surface area contributed by atoms with Gasteiger partial charge in [-0.15, -0.1) is 0 Å². The van der Waals surface area contributed by atoms with Crippen molar-refractivity contribution in [3.8, 4) is 11.5 Å². The van der Waals surface area contributed by atoms with Gasteiger partial charge in [-0.05, 0) is 85.5 Å². The zero-order valence-electron chi connectivity index (χ0n) is 22.1. The minimum Gasteiger partial charge on any atom is -0.493 e. The SMILES string of the molecule is COc1ccc(CCNC(=O)C(=O)Nn2c(C(=O)Nc3ccc(C)c(C)c3)cc3cc(Cl)ccc32)cc1OC. The van der Waals surface area contributed by atoms with Crippen LogP contribution in [0.4, 0.5) is 5.69 Å². The van der Waals surface area contributed by atoms with Gasteiger partial charge in [0.1, 0.15) is 5.69 Å². The summed E-state index contributed by atoms with van der Waals surface area (Å²) in [5, 5.41) is 6.56. The van der Waals surface area contributed by atoms with Gasteiger partial charge in [-0.1, -0.05) is 23.7 Å². The number of anilines is 1. The molecule has 10 heteroatoms. The van der Waals surface area contributed by atoms with Crippen molar-refractivity contribution in [2.45, 2.75) is 20.3 Å². The molecule has 0 aliphatic carbocycles. The monoisotopic (exact) mass is 548 g/mol. The van der Waals surface area contributed by atoms with E-state index in [1.54, 1.807) is 50.6 Å². The Hall–Kier alpha value is -4.50. The maximum atomic E-state index is 13.2. The van der Waals surface area contributed by atoms with E-state index in [-0.39, 0.29) is 12.2 Å². The molecule has 3 N–H and O–H groups in total. The smallest absolute Gasteiger partial charge is 0.328 e. The van der Waals surface area contributed by atoms with Crippen LogP contribution in [-0.4, -0.2) is 43.2 Å².